The van der Waals surface area contributed by atoms with Gasteiger partial charge in [-0.1, -0.05) is 24.3 Å². The Morgan fingerprint density at radius 1 is 1.09 bits per heavy atom. The van der Waals surface area contributed by atoms with Gasteiger partial charge in [-0.3, -0.25) is 9.88 Å². The predicted molar refractivity (Wildman–Crippen MR) is 130 cm³/mol. The summed E-state index contributed by atoms with van der Waals surface area (Å²) in [7, 11) is -2.86. The fraction of sp³-hybridized carbons (Fsp3) is 0.346. The van der Waals surface area contributed by atoms with Crippen molar-refractivity contribution in [3.05, 3.63) is 77.0 Å². The summed E-state index contributed by atoms with van der Waals surface area (Å²) in [4.78, 5) is 6.96. The molecule has 3 heterocycles. The zero-order valence-corrected chi connectivity index (χ0v) is 19.5. The summed E-state index contributed by atoms with van der Waals surface area (Å²) in [6, 6.07) is 17.1. The van der Waals surface area contributed by atoms with Crippen LogP contribution in [0.2, 0.25) is 0 Å². The van der Waals surface area contributed by atoms with Crippen molar-refractivity contribution < 1.29 is 8.42 Å². The lowest BCUT2D eigenvalue weighted by molar-refractivity contribution is 0.194. The van der Waals surface area contributed by atoms with Gasteiger partial charge in [0.25, 0.3) is 0 Å². The third-order valence-corrected chi connectivity index (χ3v) is 8.47. The molecule has 0 amide bonds. The molecule has 1 atom stereocenters. The van der Waals surface area contributed by atoms with Gasteiger partial charge in [0.1, 0.15) is 0 Å². The molecule has 2 aliphatic rings. The molecule has 5 rings (SSSR count). The normalized spacial score (nSPS) is 20.1. The van der Waals surface area contributed by atoms with Gasteiger partial charge in [-0.2, -0.15) is 0 Å². The number of hydrogen-bond donors (Lipinski definition) is 1. The Hall–Kier alpha value is -2.70. The topological polar surface area (TPSA) is 62.3 Å². The summed E-state index contributed by atoms with van der Waals surface area (Å²) in [5.41, 5.74) is 9.27. The van der Waals surface area contributed by atoms with Crippen molar-refractivity contribution in [3.8, 4) is 11.3 Å². The monoisotopic (exact) mass is 447 g/mol. The number of anilines is 2. The van der Waals surface area contributed by atoms with Gasteiger partial charge < -0.3 is 5.32 Å². The van der Waals surface area contributed by atoms with E-state index in [9.17, 15) is 8.42 Å². The first-order valence-corrected chi connectivity index (χ1v) is 13.1. The highest BCUT2D eigenvalue weighted by Crippen LogP contribution is 2.33. The van der Waals surface area contributed by atoms with Crippen LogP contribution in [-0.4, -0.2) is 42.4 Å². The quantitative estimate of drug-likeness (QED) is 0.631. The summed E-state index contributed by atoms with van der Waals surface area (Å²) >= 11 is 0. The summed E-state index contributed by atoms with van der Waals surface area (Å²) in [6.07, 6.45) is 3.59. The van der Waals surface area contributed by atoms with Gasteiger partial charge >= 0.3 is 0 Å². The Morgan fingerprint density at radius 2 is 1.97 bits per heavy atom. The van der Waals surface area contributed by atoms with Gasteiger partial charge in [-0.05, 0) is 73.2 Å². The van der Waals surface area contributed by atoms with E-state index in [4.69, 9.17) is 0 Å². The molecule has 1 fully saturated rings. The van der Waals surface area contributed by atoms with E-state index in [0.29, 0.717) is 11.5 Å². The Balaban J connectivity index is 1.38. The number of aryl methyl sites for hydroxylation is 2. The lowest BCUT2D eigenvalue weighted by Crippen LogP contribution is -2.40. The molecule has 32 heavy (non-hydrogen) atoms. The van der Waals surface area contributed by atoms with Crippen molar-refractivity contribution in [1.29, 1.82) is 0 Å². The highest BCUT2D eigenvalue weighted by molar-refractivity contribution is 7.91. The third kappa shape index (κ3) is 4.30. The van der Waals surface area contributed by atoms with Gasteiger partial charge in [0.05, 0.1) is 17.2 Å². The Kier molecular flexibility index (Phi) is 5.51. The highest BCUT2D eigenvalue weighted by atomic mass is 32.2. The van der Waals surface area contributed by atoms with Crippen molar-refractivity contribution >= 4 is 21.2 Å². The molecular formula is C26H29N3O2S. The van der Waals surface area contributed by atoms with Crippen LogP contribution in [0.1, 0.15) is 28.7 Å². The Morgan fingerprint density at radius 3 is 2.72 bits per heavy atom. The van der Waals surface area contributed by atoms with Crippen molar-refractivity contribution in [2.75, 3.05) is 23.4 Å². The third-order valence-electron chi connectivity index (χ3n) is 6.72. The lowest BCUT2D eigenvalue weighted by atomic mass is 9.96. The first-order valence-electron chi connectivity index (χ1n) is 11.2. The van der Waals surface area contributed by atoms with Crippen molar-refractivity contribution in [2.24, 2.45) is 0 Å². The summed E-state index contributed by atoms with van der Waals surface area (Å²) in [5, 5.41) is 3.64. The number of hydrogen-bond acceptors (Lipinski definition) is 5. The van der Waals surface area contributed by atoms with Crippen LogP contribution in [0.15, 0.2) is 54.7 Å². The van der Waals surface area contributed by atoms with Crippen LogP contribution in [0.5, 0.6) is 0 Å². The molecule has 166 valence electrons. The maximum absolute atomic E-state index is 11.9. The van der Waals surface area contributed by atoms with Crippen LogP contribution in [0.25, 0.3) is 11.3 Å². The summed E-state index contributed by atoms with van der Waals surface area (Å²) in [6.45, 7) is 5.88. The first kappa shape index (κ1) is 21.2. The maximum Gasteiger partial charge on any atom is 0.151 e. The van der Waals surface area contributed by atoms with E-state index >= 15 is 0 Å². The van der Waals surface area contributed by atoms with E-state index in [0.717, 1.165) is 54.1 Å². The second-order valence-corrected chi connectivity index (χ2v) is 11.3. The predicted octanol–water partition coefficient (Wildman–Crippen LogP) is 4.65. The molecule has 2 aliphatic heterocycles. The number of benzene rings is 2. The minimum absolute atomic E-state index is 0.159. The molecule has 3 aromatic rings. The number of fused-ring (bicyclic) bond motifs is 1. The van der Waals surface area contributed by atoms with E-state index in [1.807, 2.05) is 13.1 Å². The standard InChI is InChI=1S/C26H29N3O2S/c1-18-6-9-25(27-15-18)24-14-21(8-7-19(24)2)28-26-5-3-4-20-16-29(12-10-23(20)26)22-11-13-32(30,31)17-22/h3-9,14-15,22,28H,10-13,16-17H2,1-2H3/t22-/m1/s1. The molecule has 1 aromatic heterocycles. The molecule has 6 heteroatoms. The zero-order chi connectivity index (χ0) is 22.3. The van der Waals surface area contributed by atoms with Crippen LogP contribution < -0.4 is 5.32 Å². The fourth-order valence-corrected chi connectivity index (χ4v) is 6.64. The van der Waals surface area contributed by atoms with Gasteiger partial charge in [0.2, 0.25) is 0 Å². The number of sulfone groups is 1. The Labute approximate surface area is 190 Å². The van der Waals surface area contributed by atoms with Crippen molar-refractivity contribution in [2.45, 2.75) is 39.3 Å². The molecule has 1 saturated heterocycles. The average Bonchev–Trinajstić information content (AvgIpc) is 3.15. The molecule has 0 saturated carbocycles. The number of rotatable bonds is 4. The molecule has 5 nitrogen and oxygen atoms in total. The second kappa shape index (κ2) is 8.34. The largest absolute Gasteiger partial charge is 0.355 e. The van der Waals surface area contributed by atoms with Crippen molar-refractivity contribution in [3.63, 3.8) is 0 Å². The molecule has 0 bridgehead atoms. The smallest absolute Gasteiger partial charge is 0.151 e. The van der Waals surface area contributed by atoms with E-state index in [1.165, 1.54) is 16.7 Å². The minimum Gasteiger partial charge on any atom is -0.355 e. The molecule has 1 N–H and O–H groups in total. The van der Waals surface area contributed by atoms with Crippen LogP contribution in [0.3, 0.4) is 0 Å². The number of nitrogens with one attached hydrogen (secondary N) is 1. The lowest BCUT2D eigenvalue weighted by Gasteiger charge is -2.34. The highest BCUT2D eigenvalue weighted by Gasteiger charge is 2.34. The van der Waals surface area contributed by atoms with Gasteiger partial charge in [0.15, 0.2) is 9.84 Å². The number of nitrogens with zero attached hydrogens (tertiary/aromatic N) is 2. The van der Waals surface area contributed by atoms with E-state index in [2.05, 4.69) is 70.7 Å². The zero-order valence-electron chi connectivity index (χ0n) is 18.6. The van der Waals surface area contributed by atoms with E-state index in [1.54, 1.807) is 0 Å². The van der Waals surface area contributed by atoms with Gasteiger partial charge in [-0.25, -0.2) is 8.42 Å². The molecule has 0 unspecified atom stereocenters. The number of aromatic nitrogens is 1. The Bertz CT molecular complexity index is 1250. The molecule has 0 radical (unpaired) electrons. The SMILES string of the molecule is Cc1ccc(-c2cc(Nc3cccc4c3CCN([C@@H]3CCS(=O)(=O)C3)C4)ccc2C)nc1. The van der Waals surface area contributed by atoms with E-state index in [-0.39, 0.29) is 6.04 Å². The van der Waals surface area contributed by atoms with Gasteiger partial charge in [0, 0.05) is 42.3 Å². The molecular weight excluding hydrogens is 418 g/mol. The fourth-order valence-electron chi connectivity index (χ4n) is 4.88. The number of pyridine rings is 1. The first-order chi connectivity index (χ1) is 15.4. The van der Waals surface area contributed by atoms with Crippen LogP contribution in [-0.2, 0) is 22.8 Å². The molecule has 0 spiro atoms. The minimum atomic E-state index is -2.86. The molecule has 2 aromatic carbocycles. The van der Waals surface area contributed by atoms with Crippen LogP contribution >= 0.6 is 0 Å². The molecule has 0 aliphatic carbocycles. The van der Waals surface area contributed by atoms with Crippen LogP contribution in [0.4, 0.5) is 11.4 Å². The maximum atomic E-state index is 11.9. The van der Waals surface area contributed by atoms with E-state index < -0.39 is 9.84 Å². The van der Waals surface area contributed by atoms with Gasteiger partial charge in [-0.15, -0.1) is 0 Å². The van der Waals surface area contributed by atoms with Crippen LogP contribution in [0, 0.1) is 13.8 Å². The second-order valence-electron chi connectivity index (χ2n) is 9.10. The summed E-state index contributed by atoms with van der Waals surface area (Å²) in [5.74, 6) is 0.633. The average molecular weight is 448 g/mol. The summed E-state index contributed by atoms with van der Waals surface area (Å²) < 4.78 is 23.8. The van der Waals surface area contributed by atoms with Crippen molar-refractivity contribution in [1.82, 2.24) is 9.88 Å².